The number of furan rings is 1. The minimum absolute atomic E-state index is 0.611. The largest absolute Gasteiger partial charge is 0.465 e. The Morgan fingerprint density at radius 2 is 2.00 bits per heavy atom. The van der Waals surface area contributed by atoms with Crippen molar-refractivity contribution in [2.45, 2.75) is 59.5 Å². The van der Waals surface area contributed by atoms with Crippen LogP contribution in [0.15, 0.2) is 16.5 Å². The first-order valence-electron chi connectivity index (χ1n) is 6.44. The van der Waals surface area contributed by atoms with Crippen LogP contribution in [0.1, 0.15) is 51.6 Å². The Bertz CT molecular complexity index is 293. The highest BCUT2D eigenvalue weighted by Gasteiger charge is 2.10. The predicted octanol–water partition coefficient (Wildman–Crippen LogP) is 3.89. The molecule has 1 aromatic heterocycles. The van der Waals surface area contributed by atoms with Crippen molar-refractivity contribution >= 4 is 0 Å². The average Bonchev–Trinajstić information content (AvgIpc) is 2.69. The minimum atomic E-state index is 0.611. The van der Waals surface area contributed by atoms with Gasteiger partial charge in [0, 0.05) is 6.04 Å². The van der Waals surface area contributed by atoms with Crippen LogP contribution in [-0.2, 0) is 6.54 Å². The SMILES string of the molecule is CCC(C)CC(CC)NCc1ccc(C)o1. The van der Waals surface area contributed by atoms with Crippen molar-refractivity contribution in [3.05, 3.63) is 23.7 Å². The van der Waals surface area contributed by atoms with Gasteiger partial charge in [-0.05, 0) is 37.8 Å². The molecule has 92 valence electrons. The van der Waals surface area contributed by atoms with E-state index in [0.717, 1.165) is 24.0 Å². The fourth-order valence-corrected chi connectivity index (χ4v) is 1.87. The standard InChI is InChI=1S/C14H25NO/c1-5-11(3)9-13(6-2)15-10-14-8-7-12(4)16-14/h7-8,11,13,15H,5-6,9-10H2,1-4H3. The molecule has 1 N–H and O–H groups in total. The summed E-state index contributed by atoms with van der Waals surface area (Å²) in [6, 6.07) is 4.69. The van der Waals surface area contributed by atoms with Gasteiger partial charge in [0.15, 0.2) is 0 Å². The summed E-state index contributed by atoms with van der Waals surface area (Å²) in [5.74, 6) is 2.84. The maximum atomic E-state index is 5.55. The van der Waals surface area contributed by atoms with Gasteiger partial charge >= 0.3 is 0 Å². The van der Waals surface area contributed by atoms with Gasteiger partial charge in [0.05, 0.1) is 6.54 Å². The second kappa shape index (κ2) is 6.74. The van der Waals surface area contributed by atoms with E-state index in [9.17, 15) is 0 Å². The number of rotatable bonds is 7. The Morgan fingerprint density at radius 3 is 2.50 bits per heavy atom. The lowest BCUT2D eigenvalue weighted by Gasteiger charge is -2.19. The van der Waals surface area contributed by atoms with Crippen molar-refractivity contribution in [1.82, 2.24) is 5.32 Å². The van der Waals surface area contributed by atoms with E-state index < -0.39 is 0 Å². The Hall–Kier alpha value is -0.760. The molecule has 0 aliphatic heterocycles. The monoisotopic (exact) mass is 223 g/mol. The molecule has 0 aliphatic carbocycles. The molecule has 0 saturated carbocycles. The zero-order valence-electron chi connectivity index (χ0n) is 11.0. The molecule has 2 atom stereocenters. The zero-order valence-corrected chi connectivity index (χ0v) is 11.0. The van der Waals surface area contributed by atoms with Crippen molar-refractivity contribution in [2.24, 2.45) is 5.92 Å². The van der Waals surface area contributed by atoms with E-state index in [1.807, 2.05) is 13.0 Å². The summed E-state index contributed by atoms with van der Waals surface area (Å²) in [5, 5.41) is 3.57. The molecule has 0 spiro atoms. The van der Waals surface area contributed by atoms with E-state index in [1.54, 1.807) is 0 Å². The van der Waals surface area contributed by atoms with Crippen molar-refractivity contribution in [2.75, 3.05) is 0 Å². The smallest absolute Gasteiger partial charge is 0.117 e. The third-order valence-corrected chi connectivity index (χ3v) is 3.24. The molecule has 2 unspecified atom stereocenters. The van der Waals surface area contributed by atoms with Gasteiger partial charge in [0.1, 0.15) is 11.5 Å². The van der Waals surface area contributed by atoms with Crippen molar-refractivity contribution in [3.8, 4) is 0 Å². The van der Waals surface area contributed by atoms with Gasteiger partial charge in [-0.3, -0.25) is 0 Å². The quantitative estimate of drug-likeness (QED) is 0.758. The summed E-state index contributed by atoms with van der Waals surface area (Å²) >= 11 is 0. The molecule has 0 bridgehead atoms. The second-order valence-electron chi connectivity index (χ2n) is 4.75. The maximum Gasteiger partial charge on any atom is 0.117 e. The lowest BCUT2D eigenvalue weighted by molar-refractivity contribution is 0.365. The Morgan fingerprint density at radius 1 is 1.25 bits per heavy atom. The third-order valence-electron chi connectivity index (χ3n) is 3.24. The minimum Gasteiger partial charge on any atom is -0.465 e. The van der Waals surface area contributed by atoms with Crippen LogP contribution in [0.5, 0.6) is 0 Å². The van der Waals surface area contributed by atoms with Crippen LogP contribution in [0.3, 0.4) is 0 Å². The number of nitrogens with one attached hydrogen (secondary N) is 1. The molecule has 0 fully saturated rings. The van der Waals surface area contributed by atoms with Crippen LogP contribution in [0, 0.1) is 12.8 Å². The first-order valence-corrected chi connectivity index (χ1v) is 6.44. The summed E-state index contributed by atoms with van der Waals surface area (Å²) in [6.45, 7) is 9.66. The number of hydrogen-bond acceptors (Lipinski definition) is 2. The summed E-state index contributed by atoms with van der Waals surface area (Å²) in [7, 11) is 0. The first-order chi connectivity index (χ1) is 7.65. The Kier molecular flexibility index (Phi) is 5.61. The summed E-state index contributed by atoms with van der Waals surface area (Å²) in [5.41, 5.74) is 0. The van der Waals surface area contributed by atoms with Gasteiger partial charge in [-0.1, -0.05) is 27.2 Å². The van der Waals surface area contributed by atoms with E-state index in [2.05, 4.69) is 32.2 Å². The summed E-state index contributed by atoms with van der Waals surface area (Å²) < 4.78 is 5.55. The third kappa shape index (κ3) is 4.40. The van der Waals surface area contributed by atoms with Crippen LogP contribution in [0.25, 0.3) is 0 Å². The van der Waals surface area contributed by atoms with Crippen molar-refractivity contribution in [3.63, 3.8) is 0 Å². The first kappa shape index (κ1) is 13.3. The Balaban J connectivity index is 2.33. The normalized spacial score (nSPS) is 15.0. The molecule has 0 aliphatic rings. The predicted molar refractivity (Wildman–Crippen MR) is 68.4 cm³/mol. The fraction of sp³-hybridized carbons (Fsp3) is 0.714. The van der Waals surface area contributed by atoms with Crippen LogP contribution in [-0.4, -0.2) is 6.04 Å². The van der Waals surface area contributed by atoms with Gasteiger partial charge in [0.25, 0.3) is 0 Å². The van der Waals surface area contributed by atoms with Gasteiger partial charge in [-0.2, -0.15) is 0 Å². The summed E-state index contributed by atoms with van der Waals surface area (Å²) in [6.07, 6.45) is 3.70. The van der Waals surface area contributed by atoms with Crippen LogP contribution in [0.2, 0.25) is 0 Å². The Labute approximate surface area is 99.4 Å². The molecule has 16 heavy (non-hydrogen) atoms. The molecule has 1 aromatic rings. The molecule has 2 heteroatoms. The summed E-state index contributed by atoms with van der Waals surface area (Å²) in [4.78, 5) is 0. The van der Waals surface area contributed by atoms with Gasteiger partial charge in [0.2, 0.25) is 0 Å². The lowest BCUT2D eigenvalue weighted by atomic mass is 9.98. The average molecular weight is 223 g/mol. The van der Waals surface area contributed by atoms with Crippen molar-refractivity contribution < 1.29 is 4.42 Å². The molecule has 0 saturated heterocycles. The van der Waals surface area contributed by atoms with Crippen molar-refractivity contribution in [1.29, 1.82) is 0 Å². The lowest BCUT2D eigenvalue weighted by Crippen LogP contribution is -2.29. The van der Waals surface area contributed by atoms with E-state index in [1.165, 1.54) is 19.3 Å². The van der Waals surface area contributed by atoms with E-state index >= 15 is 0 Å². The van der Waals surface area contributed by atoms with E-state index in [-0.39, 0.29) is 0 Å². The maximum absolute atomic E-state index is 5.55. The zero-order chi connectivity index (χ0) is 12.0. The van der Waals surface area contributed by atoms with E-state index in [4.69, 9.17) is 4.42 Å². The van der Waals surface area contributed by atoms with E-state index in [0.29, 0.717) is 6.04 Å². The molecule has 0 radical (unpaired) electrons. The molecular formula is C14H25NO. The fourth-order valence-electron chi connectivity index (χ4n) is 1.87. The van der Waals surface area contributed by atoms with Gasteiger partial charge in [-0.25, -0.2) is 0 Å². The van der Waals surface area contributed by atoms with Gasteiger partial charge in [-0.15, -0.1) is 0 Å². The molecule has 0 aromatic carbocycles. The van der Waals surface area contributed by atoms with Crippen LogP contribution < -0.4 is 5.32 Å². The highest BCUT2D eigenvalue weighted by Crippen LogP contribution is 2.13. The molecular weight excluding hydrogens is 198 g/mol. The van der Waals surface area contributed by atoms with Gasteiger partial charge < -0.3 is 9.73 Å². The highest BCUT2D eigenvalue weighted by molar-refractivity contribution is 5.05. The topological polar surface area (TPSA) is 25.2 Å². The molecule has 2 nitrogen and oxygen atoms in total. The number of aryl methyl sites for hydroxylation is 1. The number of hydrogen-bond donors (Lipinski definition) is 1. The van der Waals surface area contributed by atoms with Crippen LogP contribution >= 0.6 is 0 Å². The molecule has 1 heterocycles. The second-order valence-corrected chi connectivity index (χ2v) is 4.75. The van der Waals surface area contributed by atoms with Crippen LogP contribution in [0.4, 0.5) is 0 Å². The molecule has 1 rings (SSSR count). The highest BCUT2D eigenvalue weighted by atomic mass is 16.3. The molecule has 0 amide bonds.